The molecule has 88 valence electrons. The normalized spacial score (nSPS) is 26.1. The van der Waals surface area contributed by atoms with E-state index in [2.05, 4.69) is 17.6 Å². The third-order valence-electron chi connectivity index (χ3n) is 3.19. The summed E-state index contributed by atoms with van der Waals surface area (Å²) in [4.78, 5) is 13.6. The van der Waals surface area contributed by atoms with E-state index in [0.29, 0.717) is 5.92 Å². The predicted molar refractivity (Wildman–Crippen MR) is 61.9 cm³/mol. The Bertz CT molecular complexity index is 204. The van der Waals surface area contributed by atoms with Crippen molar-refractivity contribution in [2.75, 3.05) is 26.2 Å². The van der Waals surface area contributed by atoms with E-state index in [0.717, 1.165) is 32.6 Å². The van der Waals surface area contributed by atoms with Crippen LogP contribution in [-0.4, -0.2) is 43.2 Å². The minimum Gasteiger partial charge on any atom is -0.334 e. The van der Waals surface area contributed by atoms with Gasteiger partial charge in [-0.2, -0.15) is 0 Å². The van der Waals surface area contributed by atoms with Gasteiger partial charge in [0.2, 0.25) is 0 Å². The van der Waals surface area contributed by atoms with Gasteiger partial charge in [-0.3, -0.25) is 0 Å². The van der Waals surface area contributed by atoms with Crippen LogP contribution >= 0.6 is 0 Å². The number of carbonyl (C=O) groups is 1. The van der Waals surface area contributed by atoms with Crippen LogP contribution in [0.25, 0.3) is 0 Å². The molecule has 1 saturated heterocycles. The van der Waals surface area contributed by atoms with Crippen molar-refractivity contribution >= 4 is 6.03 Å². The molecule has 2 N–H and O–H groups in total. The molecule has 4 heteroatoms. The SMILES string of the molecule is CCN(CC)C(=O)NC1CNCCC1C. The molecule has 1 aliphatic rings. The standard InChI is InChI=1S/C11H23N3O/c1-4-14(5-2)11(15)13-10-8-12-7-6-9(10)3/h9-10,12H,4-8H2,1-3H3,(H,13,15). The summed E-state index contributed by atoms with van der Waals surface area (Å²) in [7, 11) is 0. The Morgan fingerprint density at radius 3 is 2.67 bits per heavy atom. The maximum absolute atomic E-state index is 11.8. The minimum atomic E-state index is 0.0700. The molecule has 1 heterocycles. The molecule has 0 aromatic carbocycles. The maximum atomic E-state index is 11.8. The summed E-state index contributed by atoms with van der Waals surface area (Å²) in [6.07, 6.45) is 1.14. The quantitative estimate of drug-likeness (QED) is 0.735. The van der Waals surface area contributed by atoms with Gasteiger partial charge in [0.25, 0.3) is 0 Å². The highest BCUT2D eigenvalue weighted by atomic mass is 16.2. The lowest BCUT2D eigenvalue weighted by atomic mass is 9.95. The van der Waals surface area contributed by atoms with E-state index in [9.17, 15) is 4.79 Å². The summed E-state index contributed by atoms with van der Waals surface area (Å²) in [5.74, 6) is 0.575. The zero-order chi connectivity index (χ0) is 11.3. The number of carbonyl (C=O) groups excluding carboxylic acids is 1. The Balaban J connectivity index is 2.41. The van der Waals surface area contributed by atoms with Gasteiger partial charge in [0, 0.05) is 25.7 Å². The fraction of sp³-hybridized carbons (Fsp3) is 0.909. The smallest absolute Gasteiger partial charge is 0.317 e. The molecule has 1 rings (SSSR count). The number of urea groups is 1. The Kier molecular flexibility index (Phi) is 4.88. The van der Waals surface area contributed by atoms with Crippen LogP contribution in [0.1, 0.15) is 27.2 Å². The molecule has 0 aliphatic carbocycles. The zero-order valence-electron chi connectivity index (χ0n) is 10.0. The summed E-state index contributed by atoms with van der Waals surface area (Å²) in [5.41, 5.74) is 0. The van der Waals surface area contributed by atoms with Crippen LogP contribution in [0.2, 0.25) is 0 Å². The number of nitrogens with zero attached hydrogens (tertiary/aromatic N) is 1. The lowest BCUT2D eigenvalue weighted by molar-refractivity contribution is 0.189. The van der Waals surface area contributed by atoms with Crippen molar-refractivity contribution in [3.8, 4) is 0 Å². The van der Waals surface area contributed by atoms with Gasteiger partial charge < -0.3 is 15.5 Å². The Morgan fingerprint density at radius 1 is 1.47 bits per heavy atom. The van der Waals surface area contributed by atoms with Gasteiger partial charge in [-0.25, -0.2) is 4.79 Å². The summed E-state index contributed by atoms with van der Waals surface area (Å²) in [6, 6.07) is 0.354. The third-order valence-corrected chi connectivity index (χ3v) is 3.19. The van der Waals surface area contributed by atoms with E-state index >= 15 is 0 Å². The first-order chi connectivity index (χ1) is 7.19. The van der Waals surface area contributed by atoms with Gasteiger partial charge in [-0.05, 0) is 32.7 Å². The van der Waals surface area contributed by atoms with Crippen molar-refractivity contribution in [1.82, 2.24) is 15.5 Å². The lowest BCUT2D eigenvalue weighted by Gasteiger charge is -2.32. The monoisotopic (exact) mass is 213 g/mol. The van der Waals surface area contributed by atoms with Gasteiger partial charge in [-0.15, -0.1) is 0 Å². The van der Waals surface area contributed by atoms with Crippen LogP contribution < -0.4 is 10.6 Å². The molecule has 2 atom stereocenters. The predicted octanol–water partition coefficient (Wildman–Crippen LogP) is 1.04. The summed E-state index contributed by atoms with van der Waals surface area (Å²) < 4.78 is 0. The van der Waals surface area contributed by atoms with Crippen LogP contribution in [0.4, 0.5) is 4.79 Å². The average Bonchev–Trinajstić information content (AvgIpc) is 2.23. The number of nitrogens with one attached hydrogen (secondary N) is 2. The van der Waals surface area contributed by atoms with E-state index in [1.807, 2.05) is 18.7 Å². The number of amides is 2. The molecule has 15 heavy (non-hydrogen) atoms. The molecule has 0 aromatic rings. The first kappa shape index (κ1) is 12.3. The van der Waals surface area contributed by atoms with Crippen LogP contribution in [-0.2, 0) is 0 Å². The molecule has 0 spiro atoms. The van der Waals surface area contributed by atoms with Crippen molar-refractivity contribution in [3.63, 3.8) is 0 Å². The van der Waals surface area contributed by atoms with Crippen molar-refractivity contribution in [3.05, 3.63) is 0 Å². The number of piperidine rings is 1. The number of rotatable bonds is 3. The second-order valence-electron chi connectivity index (χ2n) is 4.20. The lowest BCUT2D eigenvalue weighted by Crippen LogP contribution is -2.53. The molecule has 0 aromatic heterocycles. The van der Waals surface area contributed by atoms with Crippen molar-refractivity contribution < 1.29 is 4.79 Å². The molecule has 4 nitrogen and oxygen atoms in total. The molecular formula is C11H23N3O. The van der Waals surface area contributed by atoms with E-state index in [4.69, 9.17) is 0 Å². The summed E-state index contributed by atoms with van der Waals surface area (Å²) in [5, 5.41) is 6.41. The molecular weight excluding hydrogens is 190 g/mol. The third kappa shape index (κ3) is 3.38. The first-order valence-corrected chi connectivity index (χ1v) is 5.95. The largest absolute Gasteiger partial charge is 0.334 e. The fourth-order valence-electron chi connectivity index (χ4n) is 1.94. The minimum absolute atomic E-state index is 0.0700. The molecule has 2 amide bonds. The summed E-state index contributed by atoms with van der Waals surface area (Å²) in [6.45, 7) is 9.73. The molecule has 0 bridgehead atoms. The maximum Gasteiger partial charge on any atom is 0.317 e. The van der Waals surface area contributed by atoms with Crippen molar-refractivity contribution in [1.29, 1.82) is 0 Å². The number of hydrogen-bond donors (Lipinski definition) is 2. The first-order valence-electron chi connectivity index (χ1n) is 5.95. The molecule has 1 aliphatic heterocycles. The van der Waals surface area contributed by atoms with Gasteiger partial charge in [-0.1, -0.05) is 6.92 Å². The zero-order valence-corrected chi connectivity index (χ0v) is 10.0. The molecule has 2 unspecified atom stereocenters. The van der Waals surface area contributed by atoms with Gasteiger partial charge in [0.15, 0.2) is 0 Å². The Hall–Kier alpha value is -0.770. The van der Waals surface area contributed by atoms with Gasteiger partial charge in [0.1, 0.15) is 0 Å². The topological polar surface area (TPSA) is 44.4 Å². The fourth-order valence-corrected chi connectivity index (χ4v) is 1.94. The van der Waals surface area contributed by atoms with E-state index < -0.39 is 0 Å². The highest BCUT2D eigenvalue weighted by Crippen LogP contribution is 2.11. The van der Waals surface area contributed by atoms with Gasteiger partial charge in [0.05, 0.1) is 0 Å². The van der Waals surface area contributed by atoms with E-state index in [1.54, 1.807) is 0 Å². The van der Waals surface area contributed by atoms with Crippen LogP contribution in [0.3, 0.4) is 0 Å². The highest BCUT2D eigenvalue weighted by molar-refractivity contribution is 5.74. The molecule has 0 radical (unpaired) electrons. The molecule has 1 fully saturated rings. The Labute approximate surface area is 92.4 Å². The van der Waals surface area contributed by atoms with E-state index in [-0.39, 0.29) is 12.1 Å². The van der Waals surface area contributed by atoms with Crippen LogP contribution in [0.15, 0.2) is 0 Å². The van der Waals surface area contributed by atoms with Gasteiger partial charge >= 0.3 is 6.03 Å². The number of hydrogen-bond acceptors (Lipinski definition) is 2. The van der Waals surface area contributed by atoms with Crippen LogP contribution in [0.5, 0.6) is 0 Å². The van der Waals surface area contributed by atoms with Crippen LogP contribution in [0, 0.1) is 5.92 Å². The highest BCUT2D eigenvalue weighted by Gasteiger charge is 2.23. The molecule has 0 saturated carbocycles. The average molecular weight is 213 g/mol. The van der Waals surface area contributed by atoms with Crippen molar-refractivity contribution in [2.24, 2.45) is 5.92 Å². The second kappa shape index (κ2) is 5.95. The summed E-state index contributed by atoms with van der Waals surface area (Å²) >= 11 is 0. The second-order valence-corrected chi connectivity index (χ2v) is 4.20. The van der Waals surface area contributed by atoms with Crippen molar-refractivity contribution in [2.45, 2.75) is 33.2 Å². The Morgan fingerprint density at radius 2 is 2.13 bits per heavy atom. The van der Waals surface area contributed by atoms with E-state index in [1.165, 1.54) is 0 Å².